The zero-order valence-corrected chi connectivity index (χ0v) is 17.6. The highest BCUT2D eigenvalue weighted by atomic mass is 32.1. The molecule has 2 fully saturated rings. The second-order valence-corrected chi connectivity index (χ2v) is 8.80. The van der Waals surface area contributed by atoms with E-state index in [1.807, 2.05) is 42.5 Å². The standard InChI is InChI=1S/C22H28N4O2S/c1-2-25-14-12-18(13-15-25)26(17-8-9-17)21(27)19-10-11-20(29-19)24-22(28)23-16-6-4-3-5-7-16/h3-7,10-11,17-18H,2,8-9,12-15H2,1H3,(H2,23,24,28). The van der Waals surface area contributed by atoms with Gasteiger partial charge in [0.25, 0.3) is 5.91 Å². The fourth-order valence-corrected chi connectivity index (χ4v) is 4.78. The van der Waals surface area contributed by atoms with Crippen molar-refractivity contribution < 1.29 is 9.59 Å². The lowest BCUT2D eigenvalue weighted by Crippen LogP contribution is -2.48. The molecule has 0 unspecified atom stereocenters. The first kappa shape index (κ1) is 19.9. The van der Waals surface area contributed by atoms with Gasteiger partial charge in [0.05, 0.1) is 9.88 Å². The van der Waals surface area contributed by atoms with Gasteiger partial charge in [0.15, 0.2) is 0 Å². The monoisotopic (exact) mass is 412 g/mol. The third kappa shape index (κ3) is 4.97. The Morgan fingerprint density at radius 2 is 1.69 bits per heavy atom. The van der Waals surface area contributed by atoms with Gasteiger partial charge in [-0.25, -0.2) is 4.79 Å². The number of hydrogen-bond acceptors (Lipinski definition) is 4. The lowest BCUT2D eigenvalue weighted by molar-refractivity contribution is 0.0559. The van der Waals surface area contributed by atoms with Crippen LogP contribution in [0.15, 0.2) is 42.5 Å². The highest BCUT2D eigenvalue weighted by molar-refractivity contribution is 7.18. The van der Waals surface area contributed by atoms with Gasteiger partial charge in [0.1, 0.15) is 0 Å². The maximum absolute atomic E-state index is 13.3. The van der Waals surface area contributed by atoms with Crippen LogP contribution in [0.4, 0.5) is 15.5 Å². The Morgan fingerprint density at radius 1 is 1.00 bits per heavy atom. The van der Waals surface area contributed by atoms with Crippen LogP contribution >= 0.6 is 11.3 Å². The molecule has 2 aromatic rings. The van der Waals surface area contributed by atoms with E-state index in [2.05, 4.69) is 27.4 Å². The highest BCUT2D eigenvalue weighted by Gasteiger charge is 2.39. The normalized spacial score (nSPS) is 17.7. The molecule has 1 aromatic heterocycles. The molecule has 154 valence electrons. The minimum Gasteiger partial charge on any atom is -0.332 e. The first-order chi connectivity index (χ1) is 14.1. The molecular weight excluding hydrogens is 384 g/mol. The van der Waals surface area contributed by atoms with E-state index in [1.54, 1.807) is 0 Å². The lowest BCUT2D eigenvalue weighted by Gasteiger charge is -2.38. The molecule has 2 heterocycles. The van der Waals surface area contributed by atoms with Gasteiger partial charge in [-0.15, -0.1) is 11.3 Å². The fraction of sp³-hybridized carbons (Fsp3) is 0.455. The van der Waals surface area contributed by atoms with Crippen LogP contribution in [0.5, 0.6) is 0 Å². The van der Waals surface area contributed by atoms with Crippen molar-refractivity contribution in [2.24, 2.45) is 0 Å². The predicted octanol–water partition coefficient (Wildman–Crippen LogP) is 4.48. The lowest BCUT2D eigenvalue weighted by atomic mass is 10.0. The van der Waals surface area contributed by atoms with E-state index in [4.69, 9.17) is 0 Å². The summed E-state index contributed by atoms with van der Waals surface area (Å²) < 4.78 is 0. The van der Waals surface area contributed by atoms with E-state index in [-0.39, 0.29) is 11.9 Å². The van der Waals surface area contributed by atoms with E-state index >= 15 is 0 Å². The summed E-state index contributed by atoms with van der Waals surface area (Å²) >= 11 is 1.35. The summed E-state index contributed by atoms with van der Waals surface area (Å²) in [6.45, 7) is 5.40. The number of anilines is 2. The van der Waals surface area contributed by atoms with Crippen molar-refractivity contribution >= 4 is 34.0 Å². The summed E-state index contributed by atoms with van der Waals surface area (Å²) in [7, 11) is 0. The average molecular weight is 413 g/mol. The number of hydrogen-bond donors (Lipinski definition) is 2. The molecule has 2 N–H and O–H groups in total. The Labute approximate surface area is 175 Å². The molecule has 6 nitrogen and oxygen atoms in total. The van der Waals surface area contributed by atoms with Crippen molar-refractivity contribution in [2.75, 3.05) is 30.3 Å². The summed E-state index contributed by atoms with van der Waals surface area (Å²) in [5.74, 6) is 0.115. The largest absolute Gasteiger partial charge is 0.332 e. The molecule has 29 heavy (non-hydrogen) atoms. The first-order valence-electron chi connectivity index (χ1n) is 10.4. The summed E-state index contributed by atoms with van der Waals surface area (Å²) in [5.41, 5.74) is 0.733. The third-order valence-electron chi connectivity index (χ3n) is 5.66. The van der Waals surface area contributed by atoms with E-state index < -0.39 is 0 Å². The van der Waals surface area contributed by atoms with Gasteiger partial charge in [-0.05, 0) is 56.5 Å². The number of carbonyl (C=O) groups excluding carboxylic acids is 2. The fourth-order valence-electron chi connectivity index (χ4n) is 3.94. The van der Waals surface area contributed by atoms with E-state index in [0.29, 0.717) is 22.0 Å². The molecular formula is C22H28N4O2S. The van der Waals surface area contributed by atoms with E-state index in [0.717, 1.165) is 51.0 Å². The van der Waals surface area contributed by atoms with Crippen LogP contribution in [0.2, 0.25) is 0 Å². The Hall–Kier alpha value is -2.38. The Balaban J connectivity index is 1.38. The van der Waals surface area contributed by atoms with Crippen LogP contribution in [0.1, 0.15) is 42.3 Å². The van der Waals surface area contributed by atoms with Gasteiger partial charge in [0, 0.05) is 30.9 Å². The SMILES string of the molecule is CCN1CCC(N(C(=O)c2ccc(NC(=O)Nc3ccccc3)s2)C2CC2)CC1. The summed E-state index contributed by atoms with van der Waals surface area (Å²) in [6.07, 6.45) is 4.31. The topological polar surface area (TPSA) is 64.7 Å². The Kier molecular flexibility index (Phi) is 6.16. The van der Waals surface area contributed by atoms with Crippen LogP contribution in [0.25, 0.3) is 0 Å². The Morgan fingerprint density at radius 3 is 2.34 bits per heavy atom. The van der Waals surface area contributed by atoms with Gasteiger partial charge in [-0.2, -0.15) is 0 Å². The van der Waals surface area contributed by atoms with Gasteiger partial charge in [-0.1, -0.05) is 25.1 Å². The van der Waals surface area contributed by atoms with Gasteiger partial charge in [0.2, 0.25) is 0 Å². The summed E-state index contributed by atoms with van der Waals surface area (Å²) in [6, 6.07) is 13.4. The first-order valence-corrected chi connectivity index (χ1v) is 11.2. The number of likely N-dealkylation sites (tertiary alicyclic amines) is 1. The van der Waals surface area contributed by atoms with Crippen molar-refractivity contribution in [3.8, 4) is 0 Å². The average Bonchev–Trinajstić information content (AvgIpc) is 3.46. The minimum absolute atomic E-state index is 0.115. The molecule has 0 bridgehead atoms. The molecule has 7 heteroatoms. The van der Waals surface area contributed by atoms with Gasteiger partial charge >= 0.3 is 6.03 Å². The number of carbonyl (C=O) groups is 2. The maximum atomic E-state index is 13.3. The van der Waals surface area contributed by atoms with Crippen LogP contribution in [0, 0.1) is 0 Å². The minimum atomic E-state index is -0.303. The molecule has 0 atom stereocenters. The molecule has 1 aliphatic heterocycles. The van der Waals surface area contributed by atoms with Gasteiger partial charge in [-0.3, -0.25) is 10.1 Å². The number of para-hydroxylation sites is 1. The predicted molar refractivity (Wildman–Crippen MR) is 118 cm³/mol. The molecule has 4 rings (SSSR count). The molecule has 1 aliphatic carbocycles. The maximum Gasteiger partial charge on any atom is 0.324 e. The number of benzene rings is 1. The number of piperidine rings is 1. The highest BCUT2D eigenvalue weighted by Crippen LogP contribution is 2.35. The number of nitrogens with zero attached hydrogens (tertiary/aromatic N) is 2. The van der Waals surface area contributed by atoms with Crippen molar-refractivity contribution in [1.29, 1.82) is 0 Å². The second-order valence-electron chi connectivity index (χ2n) is 7.72. The summed E-state index contributed by atoms with van der Waals surface area (Å²) in [5, 5.41) is 6.31. The van der Waals surface area contributed by atoms with Crippen LogP contribution in [-0.2, 0) is 0 Å². The van der Waals surface area contributed by atoms with Crippen molar-refractivity contribution in [1.82, 2.24) is 9.80 Å². The van der Waals surface area contributed by atoms with E-state index in [1.165, 1.54) is 11.3 Å². The summed E-state index contributed by atoms with van der Waals surface area (Å²) in [4.78, 5) is 30.7. The molecule has 1 aromatic carbocycles. The smallest absolute Gasteiger partial charge is 0.324 e. The molecule has 3 amide bonds. The van der Waals surface area contributed by atoms with Gasteiger partial charge < -0.3 is 15.1 Å². The second kappa shape index (κ2) is 8.97. The van der Waals surface area contributed by atoms with Crippen LogP contribution in [-0.4, -0.2) is 53.5 Å². The van der Waals surface area contributed by atoms with Crippen molar-refractivity contribution in [3.05, 3.63) is 47.3 Å². The number of urea groups is 1. The number of amides is 3. The molecule has 0 radical (unpaired) electrons. The molecule has 0 spiro atoms. The third-order valence-corrected chi connectivity index (χ3v) is 6.65. The zero-order chi connectivity index (χ0) is 20.2. The van der Waals surface area contributed by atoms with Crippen LogP contribution in [0.3, 0.4) is 0 Å². The van der Waals surface area contributed by atoms with Crippen LogP contribution < -0.4 is 10.6 Å². The van der Waals surface area contributed by atoms with Crippen molar-refractivity contribution in [2.45, 2.75) is 44.7 Å². The number of thiophene rings is 1. The number of nitrogens with one attached hydrogen (secondary N) is 2. The zero-order valence-electron chi connectivity index (χ0n) is 16.8. The molecule has 1 saturated heterocycles. The van der Waals surface area contributed by atoms with Crippen molar-refractivity contribution in [3.63, 3.8) is 0 Å². The molecule has 1 saturated carbocycles. The molecule has 2 aliphatic rings. The number of rotatable bonds is 6. The van der Waals surface area contributed by atoms with E-state index in [9.17, 15) is 9.59 Å². The Bertz CT molecular complexity index is 842. The quantitative estimate of drug-likeness (QED) is 0.735.